The third-order valence-corrected chi connectivity index (χ3v) is 3.60. The minimum absolute atomic E-state index is 0. The summed E-state index contributed by atoms with van der Waals surface area (Å²) in [5.74, 6) is 1.38. The molecule has 3 nitrogen and oxygen atoms in total. The molecule has 0 aliphatic carbocycles. The molecule has 4 heteroatoms. The first kappa shape index (κ1) is 14.2. The summed E-state index contributed by atoms with van der Waals surface area (Å²) < 4.78 is 2.17. The molecule has 0 fully saturated rings. The van der Waals surface area contributed by atoms with Gasteiger partial charge in [-0.25, -0.2) is 0 Å². The van der Waals surface area contributed by atoms with Crippen LogP contribution in [0.25, 0.3) is 27.6 Å². The van der Waals surface area contributed by atoms with Crippen molar-refractivity contribution in [2.45, 2.75) is 19.8 Å². The van der Waals surface area contributed by atoms with E-state index < -0.39 is 0 Å². The van der Waals surface area contributed by atoms with Crippen LogP contribution in [0.4, 0.5) is 0 Å². The molecule has 0 atom stereocenters. The van der Waals surface area contributed by atoms with E-state index in [0.717, 1.165) is 33.4 Å². The molecular weight excluding hydrogens is 438 g/mol. The van der Waals surface area contributed by atoms with Gasteiger partial charge in [-0.05, 0) is 17.6 Å². The second-order valence-corrected chi connectivity index (χ2v) is 5.31. The van der Waals surface area contributed by atoms with E-state index in [4.69, 9.17) is 9.97 Å². The number of rotatable bonds is 1. The van der Waals surface area contributed by atoms with Crippen molar-refractivity contribution < 1.29 is 20.1 Å². The van der Waals surface area contributed by atoms with Gasteiger partial charge in [-0.1, -0.05) is 31.4 Å². The Hall–Kier alpha value is -1.77. The minimum Gasteiger partial charge on any atom is -0.322 e. The van der Waals surface area contributed by atoms with E-state index in [2.05, 4.69) is 30.4 Å². The molecule has 0 saturated carbocycles. The Kier molecular flexibility index (Phi) is 3.52. The van der Waals surface area contributed by atoms with Crippen molar-refractivity contribution in [2.75, 3.05) is 0 Å². The summed E-state index contributed by atoms with van der Waals surface area (Å²) in [6.45, 7) is 4.32. The Labute approximate surface area is 136 Å². The number of hydrogen-bond acceptors (Lipinski definition) is 2. The molecule has 4 rings (SSSR count). The van der Waals surface area contributed by atoms with Crippen LogP contribution in [-0.2, 0) is 20.1 Å². The van der Waals surface area contributed by atoms with Crippen LogP contribution in [0.1, 0.15) is 25.6 Å². The summed E-state index contributed by atoms with van der Waals surface area (Å²) in [7, 11) is 0. The predicted molar refractivity (Wildman–Crippen MR) is 80.9 cm³/mol. The Balaban J connectivity index is 0.00000132. The second-order valence-electron chi connectivity index (χ2n) is 5.31. The SMILES string of the molecule is CC(C)c1nc2ccc[c-]c2c2nc3ccccc3n12.[Ir]. The zero-order chi connectivity index (χ0) is 13.7. The van der Waals surface area contributed by atoms with Crippen LogP contribution in [0.5, 0.6) is 0 Å². The van der Waals surface area contributed by atoms with Crippen LogP contribution < -0.4 is 0 Å². The number of aromatic nitrogens is 3. The van der Waals surface area contributed by atoms with Crippen molar-refractivity contribution in [3.63, 3.8) is 0 Å². The van der Waals surface area contributed by atoms with Gasteiger partial charge in [0.05, 0.1) is 22.5 Å². The molecule has 0 bridgehead atoms. The summed E-state index contributed by atoms with van der Waals surface area (Å²) in [4.78, 5) is 9.60. The van der Waals surface area contributed by atoms with Crippen LogP contribution in [-0.4, -0.2) is 14.4 Å². The van der Waals surface area contributed by atoms with E-state index in [9.17, 15) is 0 Å². The fraction of sp³-hybridized carbons (Fsp3) is 0.176. The topological polar surface area (TPSA) is 30.2 Å². The fourth-order valence-electron chi connectivity index (χ4n) is 2.69. The van der Waals surface area contributed by atoms with E-state index in [-0.39, 0.29) is 20.1 Å². The summed E-state index contributed by atoms with van der Waals surface area (Å²) in [5, 5.41) is 0.980. The van der Waals surface area contributed by atoms with Gasteiger partial charge in [-0.2, -0.15) is 0 Å². The zero-order valence-corrected chi connectivity index (χ0v) is 14.2. The molecule has 2 aromatic heterocycles. The van der Waals surface area contributed by atoms with Gasteiger partial charge < -0.3 is 4.40 Å². The van der Waals surface area contributed by atoms with E-state index in [1.165, 1.54) is 0 Å². The molecule has 0 N–H and O–H groups in total. The van der Waals surface area contributed by atoms with Crippen molar-refractivity contribution >= 4 is 27.6 Å². The summed E-state index contributed by atoms with van der Waals surface area (Å²) in [5.41, 5.74) is 4.01. The number of nitrogens with zero attached hydrogens (tertiary/aromatic N) is 3. The average Bonchev–Trinajstić information content (AvgIpc) is 2.86. The molecule has 0 amide bonds. The van der Waals surface area contributed by atoms with Gasteiger partial charge in [0.15, 0.2) is 0 Å². The first-order valence-electron chi connectivity index (χ1n) is 6.83. The summed E-state index contributed by atoms with van der Waals surface area (Å²) in [6, 6.07) is 17.4. The molecule has 4 aromatic rings. The van der Waals surface area contributed by atoms with Crippen LogP contribution in [0.3, 0.4) is 0 Å². The monoisotopic (exact) mass is 453 g/mol. The maximum Gasteiger partial charge on any atom is 0.0987 e. The number of imidazole rings is 1. The normalized spacial score (nSPS) is 11.4. The van der Waals surface area contributed by atoms with Crippen LogP contribution in [0.2, 0.25) is 0 Å². The van der Waals surface area contributed by atoms with Crippen LogP contribution in [0, 0.1) is 6.07 Å². The molecule has 0 spiro atoms. The molecule has 2 aromatic carbocycles. The Morgan fingerprint density at radius 1 is 1.00 bits per heavy atom. The van der Waals surface area contributed by atoms with Gasteiger partial charge in [0, 0.05) is 26.0 Å². The fourth-order valence-corrected chi connectivity index (χ4v) is 2.69. The third kappa shape index (κ3) is 2.06. The Bertz CT molecular complexity index is 941. The van der Waals surface area contributed by atoms with Crippen molar-refractivity contribution in [3.8, 4) is 0 Å². The molecule has 107 valence electrons. The summed E-state index contributed by atoms with van der Waals surface area (Å²) >= 11 is 0. The van der Waals surface area contributed by atoms with Gasteiger partial charge >= 0.3 is 0 Å². The summed E-state index contributed by atoms with van der Waals surface area (Å²) in [6.07, 6.45) is 0. The van der Waals surface area contributed by atoms with E-state index in [1.54, 1.807) is 0 Å². The van der Waals surface area contributed by atoms with Gasteiger partial charge in [-0.15, -0.1) is 24.3 Å². The molecule has 21 heavy (non-hydrogen) atoms. The zero-order valence-electron chi connectivity index (χ0n) is 11.8. The van der Waals surface area contributed by atoms with Gasteiger partial charge in [0.25, 0.3) is 0 Å². The Morgan fingerprint density at radius 3 is 2.57 bits per heavy atom. The maximum atomic E-state index is 4.82. The van der Waals surface area contributed by atoms with Crippen molar-refractivity contribution in [2.24, 2.45) is 0 Å². The van der Waals surface area contributed by atoms with E-state index in [0.29, 0.717) is 5.92 Å². The molecule has 0 saturated heterocycles. The standard InChI is InChI=1S/C17H14N3.Ir/c1-11(2)16-18-13-8-4-3-7-12(13)17-19-14-9-5-6-10-15(14)20(16)17;/h3-6,8-11H,1-2H3;/q-1;. The molecule has 0 aliphatic rings. The third-order valence-electron chi connectivity index (χ3n) is 3.60. The Morgan fingerprint density at radius 2 is 1.76 bits per heavy atom. The van der Waals surface area contributed by atoms with Gasteiger partial charge in [0.2, 0.25) is 0 Å². The number of benzene rings is 2. The first-order valence-corrected chi connectivity index (χ1v) is 6.83. The predicted octanol–water partition coefficient (Wildman–Crippen LogP) is 3.96. The van der Waals surface area contributed by atoms with E-state index in [1.807, 2.05) is 36.4 Å². The van der Waals surface area contributed by atoms with Gasteiger partial charge in [0.1, 0.15) is 0 Å². The molecule has 2 heterocycles. The molecular formula is C17H14IrN3-. The maximum absolute atomic E-state index is 4.82. The number of fused-ring (bicyclic) bond motifs is 5. The van der Waals surface area contributed by atoms with Gasteiger partial charge in [-0.3, -0.25) is 9.97 Å². The second kappa shape index (κ2) is 5.21. The smallest absolute Gasteiger partial charge is 0.0987 e. The molecule has 1 radical (unpaired) electrons. The number of hydrogen-bond donors (Lipinski definition) is 0. The largest absolute Gasteiger partial charge is 0.322 e. The first-order chi connectivity index (χ1) is 9.75. The van der Waals surface area contributed by atoms with E-state index >= 15 is 0 Å². The average molecular weight is 453 g/mol. The molecule has 0 unspecified atom stereocenters. The van der Waals surface area contributed by atoms with Crippen LogP contribution in [0.15, 0.2) is 42.5 Å². The van der Waals surface area contributed by atoms with Crippen molar-refractivity contribution in [1.29, 1.82) is 0 Å². The molecule has 0 aliphatic heterocycles. The van der Waals surface area contributed by atoms with Crippen LogP contribution >= 0.6 is 0 Å². The quantitative estimate of drug-likeness (QED) is 0.410. The van der Waals surface area contributed by atoms with Crippen molar-refractivity contribution in [1.82, 2.24) is 14.4 Å². The number of para-hydroxylation sites is 2. The minimum atomic E-state index is 0. The van der Waals surface area contributed by atoms with Crippen molar-refractivity contribution in [3.05, 3.63) is 54.4 Å².